The first-order chi connectivity index (χ1) is 7.17. The van der Waals surface area contributed by atoms with Crippen LogP contribution in [0.5, 0.6) is 0 Å². The zero-order valence-electron chi connectivity index (χ0n) is 9.78. The quantitative estimate of drug-likeness (QED) is 0.781. The van der Waals surface area contributed by atoms with Gasteiger partial charge in [-0.15, -0.1) is 0 Å². The van der Waals surface area contributed by atoms with Gasteiger partial charge in [0, 0.05) is 35.0 Å². The lowest BCUT2D eigenvalue weighted by atomic mass is 9.97. The molecule has 0 aliphatic heterocycles. The van der Waals surface area contributed by atoms with Gasteiger partial charge in [0.05, 0.1) is 6.10 Å². The summed E-state index contributed by atoms with van der Waals surface area (Å²) in [6.07, 6.45) is 5.49. The van der Waals surface area contributed by atoms with Crippen molar-refractivity contribution in [3.05, 3.63) is 0 Å². The van der Waals surface area contributed by atoms with Crippen molar-refractivity contribution in [2.45, 2.75) is 56.4 Å². The van der Waals surface area contributed by atoms with E-state index in [2.05, 4.69) is 0 Å². The molecule has 90 valence electrons. The van der Waals surface area contributed by atoms with Crippen LogP contribution < -0.4 is 5.73 Å². The number of rotatable bonds is 5. The minimum absolute atomic E-state index is 0.0914. The lowest BCUT2D eigenvalue weighted by Gasteiger charge is -2.28. The van der Waals surface area contributed by atoms with Crippen LogP contribution in [0.15, 0.2) is 0 Å². The number of nitrogens with two attached hydrogens (primary N) is 1. The first-order valence-corrected chi connectivity index (χ1v) is 7.21. The average Bonchev–Trinajstić information content (AvgIpc) is 2.28. The lowest BCUT2D eigenvalue weighted by Crippen LogP contribution is -2.34. The van der Waals surface area contributed by atoms with Crippen molar-refractivity contribution >= 4 is 10.8 Å². The second kappa shape index (κ2) is 6.61. The fraction of sp³-hybridized carbons (Fsp3) is 1.00. The first kappa shape index (κ1) is 13.1. The predicted octanol–water partition coefficient (Wildman–Crippen LogP) is 1.43. The van der Waals surface area contributed by atoms with Gasteiger partial charge in [0.25, 0.3) is 0 Å². The molecule has 0 amide bonds. The van der Waals surface area contributed by atoms with Gasteiger partial charge in [-0.05, 0) is 32.1 Å². The summed E-state index contributed by atoms with van der Waals surface area (Å²) in [5.41, 5.74) is 5.82. The molecule has 0 radical (unpaired) electrons. The molecule has 4 unspecified atom stereocenters. The molecule has 0 aromatic carbocycles. The van der Waals surface area contributed by atoms with Gasteiger partial charge in [-0.1, -0.05) is 6.92 Å². The molecule has 1 aliphatic carbocycles. The summed E-state index contributed by atoms with van der Waals surface area (Å²) in [4.78, 5) is 0. The molecule has 0 bridgehead atoms. The third-order valence-electron chi connectivity index (χ3n) is 3.19. The van der Waals surface area contributed by atoms with E-state index in [1.54, 1.807) is 7.11 Å². The van der Waals surface area contributed by atoms with E-state index in [1.807, 2.05) is 6.92 Å². The molecule has 4 atom stereocenters. The number of ether oxygens (including phenoxy) is 1. The van der Waals surface area contributed by atoms with Crippen molar-refractivity contribution in [2.75, 3.05) is 12.9 Å². The Kier molecular flexibility index (Phi) is 5.79. The molecule has 0 spiro atoms. The van der Waals surface area contributed by atoms with Gasteiger partial charge in [-0.2, -0.15) is 0 Å². The first-order valence-electron chi connectivity index (χ1n) is 5.82. The standard InChI is InChI=1S/C11H23NO2S/c1-3-9(12)8-15(13)11-6-4-5-10(7-11)14-2/h9-11H,3-8,12H2,1-2H3. The topological polar surface area (TPSA) is 52.3 Å². The Morgan fingerprint density at radius 2 is 2.27 bits per heavy atom. The summed E-state index contributed by atoms with van der Waals surface area (Å²) < 4.78 is 17.3. The molecule has 1 fully saturated rings. The molecule has 4 heteroatoms. The smallest absolute Gasteiger partial charge is 0.0582 e. The second-order valence-corrected chi connectivity index (χ2v) is 6.12. The number of hydrogen-bond acceptors (Lipinski definition) is 3. The molecule has 2 N–H and O–H groups in total. The van der Waals surface area contributed by atoms with Crippen LogP contribution in [0.25, 0.3) is 0 Å². The maximum atomic E-state index is 12.0. The highest BCUT2D eigenvalue weighted by Gasteiger charge is 2.26. The molecule has 15 heavy (non-hydrogen) atoms. The summed E-state index contributed by atoms with van der Waals surface area (Å²) >= 11 is 0. The van der Waals surface area contributed by atoms with E-state index in [4.69, 9.17) is 10.5 Å². The van der Waals surface area contributed by atoms with Crippen LogP contribution in [0, 0.1) is 0 Å². The van der Waals surface area contributed by atoms with E-state index in [0.29, 0.717) is 17.1 Å². The Hall–Kier alpha value is 0.0700. The van der Waals surface area contributed by atoms with Crippen molar-refractivity contribution in [2.24, 2.45) is 5.73 Å². The predicted molar refractivity (Wildman–Crippen MR) is 64.3 cm³/mol. The second-order valence-electron chi connectivity index (χ2n) is 4.36. The van der Waals surface area contributed by atoms with Crippen LogP contribution in [0.1, 0.15) is 39.0 Å². The van der Waals surface area contributed by atoms with Crippen molar-refractivity contribution in [1.29, 1.82) is 0 Å². The van der Waals surface area contributed by atoms with Gasteiger partial charge in [0.15, 0.2) is 0 Å². The molecule has 1 aliphatic rings. The SMILES string of the molecule is CCC(N)CS(=O)C1CCCC(OC)C1. The summed E-state index contributed by atoms with van der Waals surface area (Å²) in [5.74, 6) is 0.650. The fourth-order valence-corrected chi connectivity index (χ4v) is 3.81. The van der Waals surface area contributed by atoms with Crippen LogP contribution in [0.2, 0.25) is 0 Å². The minimum Gasteiger partial charge on any atom is -0.381 e. The number of methoxy groups -OCH3 is 1. The van der Waals surface area contributed by atoms with Crippen molar-refractivity contribution in [3.8, 4) is 0 Å². The largest absolute Gasteiger partial charge is 0.381 e. The molecule has 1 saturated carbocycles. The van der Waals surface area contributed by atoms with Gasteiger partial charge in [-0.25, -0.2) is 0 Å². The molecule has 0 aromatic rings. The van der Waals surface area contributed by atoms with E-state index < -0.39 is 10.8 Å². The van der Waals surface area contributed by atoms with Gasteiger partial charge >= 0.3 is 0 Å². The highest BCUT2D eigenvalue weighted by atomic mass is 32.2. The highest BCUT2D eigenvalue weighted by Crippen LogP contribution is 2.24. The molecule has 0 saturated heterocycles. The third kappa shape index (κ3) is 4.21. The van der Waals surface area contributed by atoms with E-state index in [0.717, 1.165) is 32.1 Å². The van der Waals surface area contributed by atoms with E-state index in [9.17, 15) is 4.21 Å². The molecular weight excluding hydrogens is 210 g/mol. The Balaban J connectivity index is 2.38. The van der Waals surface area contributed by atoms with Gasteiger partial charge in [-0.3, -0.25) is 4.21 Å². The lowest BCUT2D eigenvalue weighted by molar-refractivity contribution is 0.0725. The molecule has 0 aromatic heterocycles. The monoisotopic (exact) mass is 233 g/mol. The molecule has 1 rings (SSSR count). The van der Waals surface area contributed by atoms with Gasteiger partial charge < -0.3 is 10.5 Å². The Morgan fingerprint density at radius 1 is 1.53 bits per heavy atom. The average molecular weight is 233 g/mol. The van der Waals surface area contributed by atoms with E-state index >= 15 is 0 Å². The number of hydrogen-bond donors (Lipinski definition) is 1. The maximum absolute atomic E-state index is 12.0. The molecule has 0 heterocycles. The van der Waals surface area contributed by atoms with Gasteiger partial charge in [0.1, 0.15) is 0 Å². The van der Waals surface area contributed by atoms with Crippen LogP contribution in [-0.4, -0.2) is 34.5 Å². The van der Waals surface area contributed by atoms with Crippen molar-refractivity contribution in [1.82, 2.24) is 0 Å². The van der Waals surface area contributed by atoms with Gasteiger partial charge in [0.2, 0.25) is 0 Å². The Labute approximate surface area is 95.2 Å². The molecular formula is C11H23NO2S. The van der Waals surface area contributed by atoms with E-state index in [-0.39, 0.29) is 6.04 Å². The van der Waals surface area contributed by atoms with Crippen molar-refractivity contribution in [3.63, 3.8) is 0 Å². The summed E-state index contributed by atoms with van der Waals surface area (Å²) in [5, 5.41) is 0.307. The fourth-order valence-electron chi connectivity index (χ4n) is 2.02. The van der Waals surface area contributed by atoms with Crippen LogP contribution in [0.3, 0.4) is 0 Å². The third-order valence-corrected chi connectivity index (χ3v) is 5.11. The summed E-state index contributed by atoms with van der Waals surface area (Å²) in [7, 11) is 0.980. The molecule has 3 nitrogen and oxygen atoms in total. The van der Waals surface area contributed by atoms with Crippen LogP contribution >= 0.6 is 0 Å². The highest BCUT2D eigenvalue weighted by molar-refractivity contribution is 7.85. The summed E-state index contributed by atoms with van der Waals surface area (Å²) in [6, 6.07) is 0.0914. The van der Waals surface area contributed by atoms with Crippen LogP contribution in [-0.2, 0) is 15.5 Å². The minimum atomic E-state index is -0.764. The summed E-state index contributed by atoms with van der Waals surface area (Å²) in [6.45, 7) is 2.04. The Morgan fingerprint density at radius 3 is 2.87 bits per heavy atom. The zero-order valence-corrected chi connectivity index (χ0v) is 10.6. The van der Waals surface area contributed by atoms with Crippen molar-refractivity contribution < 1.29 is 8.95 Å². The van der Waals surface area contributed by atoms with E-state index in [1.165, 1.54) is 0 Å². The zero-order chi connectivity index (χ0) is 11.3. The normalized spacial score (nSPS) is 31.1. The van der Waals surface area contributed by atoms with Crippen LogP contribution in [0.4, 0.5) is 0 Å². The Bertz CT molecular complexity index is 211. The maximum Gasteiger partial charge on any atom is 0.0582 e.